The predicted octanol–water partition coefficient (Wildman–Crippen LogP) is 0.626. The van der Waals surface area contributed by atoms with Crippen molar-refractivity contribution in [2.45, 2.75) is 6.54 Å². The molecule has 2 N–H and O–H groups in total. The number of benzene rings is 1. The normalized spacial score (nSPS) is 9.90. The summed E-state index contributed by atoms with van der Waals surface area (Å²) in [4.78, 5) is 22.4. The molecule has 0 fully saturated rings. The molecule has 0 saturated heterocycles. The summed E-state index contributed by atoms with van der Waals surface area (Å²) in [6.45, 7) is -0.441. The van der Waals surface area contributed by atoms with Crippen LogP contribution in [0.1, 0.15) is 16.1 Å². The van der Waals surface area contributed by atoms with Crippen molar-refractivity contribution in [1.29, 1.82) is 5.26 Å². The lowest BCUT2D eigenvalue weighted by atomic mass is 10.2. The minimum Gasteiger partial charge on any atom is -0.480 e. The maximum absolute atomic E-state index is 13.4. The van der Waals surface area contributed by atoms with Crippen LogP contribution in [0.25, 0.3) is 0 Å². The number of nitriles is 1. The van der Waals surface area contributed by atoms with Crippen LogP contribution in [0.4, 0.5) is 10.1 Å². The molecule has 0 aliphatic carbocycles. The number of anilines is 1. The Bertz CT molecular complexity index is 750. The zero-order valence-corrected chi connectivity index (χ0v) is 10.4. The SMILES string of the molecule is N#Cc1c(F)cccc1NC(=O)c1cn(CC(=O)O)nn1. The average molecular weight is 289 g/mol. The van der Waals surface area contributed by atoms with E-state index in [9.17, 15) is 14.0 Å². The van der Waals surface area contributed by atoms with Crippen molar-refractivity contribution in [2.75, 3.05) is 5.32 Å². The van der Waals surface area contributed by atoms with E-state index in [0.29, 0.717) is 0 Å². The zero-order chi connectivity index (χ0) is 15.4. The number of hydrogen-bond acceptors (Lipinski definition) is 5. The van der Waals surface area contributed by atoms with Crippen LogP contribution < -0.4 is 5.32 Å². The molecule has 106 valence electrons. The molecule has 9 heteroatoms. The molecule has 0 unspecified atom stereocenters. The fourth-order valence-corrected chi connectivity index (χ4v) is 1.55. The Hall–Kier alpha value is -3.28. The predicted molar refractivity (Wildman–Crippen MR) is 66.7 cm³/mol. The molecule has 1 aromatic heterocycles. The number of carboxylic acid groups (broad SMARTS) is 1. The van der Waals surface area contributed by atoms with Gasteiger partial charge in [0.15, 0.2) is 5.69 Å². The molecule has 2 rings (SSSR count). The molecular formula is C12H8FN5O3. The second-order valence-electron chi connectivity index (χ2n) is 3.92. The molecule has 0 atom stereocenters. The van der Waals surface area contributed by atoms with E-state index in [2.05, 4.69) is 15.6 Å². The van der Waals surface area contributed by atoms with Crippen molar-refractivity contribution in [3.8, 4) is 6.07 Å². The quantitative estimate of drug-likeness (QED) is 0.851. The highest BCUT2D eigenvalue weighted by Crippen LogP contribution is 2.18. The molecule has 1 amide bonds. The second-order valence-corrected chi connectivity index (χ2v) is 3.92. The highest BCUT2D eigenvalue weighted by molar-refractivity contribution is 6.03. The molecule has 1 heterocycles. The lowest BCUT2D eigenvalue weighted by molar-refractivity contribution is -0.137. The van der Waals surface area contributed by atoms with Crippen LogP contribution in [-0.4, -0.2) is 32.0 Å². The number of aliphatic carboxylic acids is 1. The van der Waals surface area contributed by atoms with Gasteiger partial charge in [-0.15, -0.1) is 5.10 Å². The van der Waals surface area contributed by atoms with Crippen molar-refractivity contribution in [1.82, 2.24) is 15.0 Å². The van der Waals surface area contributed by atoms with Gasteiger partial charge in [-0.25, -0.2) is 9.07 Å². The summed E-state index contributed by atoms with van der Waals surface area (Å²) >= 11 is 0. The van der Waals surface area contributed by atoms with Gasteiger partial charge in [0.05, 0.1) is 11.9 Å². The Morgan fingerprint density at radius 2 is 2.24 bits per heavy atom. The molecule has 0 spiro atoms. The number of nitrogens with zero attached hydrogens (tertiary/aromatic N) is 4. The Morgan fingerprint density at radius 3 is 2.90 bits per heavy atom. The van der Waals surface area contributed by atoms with Gasteiger partial charge in [-0.1, -0.05) is 11.3 Å². The van der Waals surface area contributed by atoms with Gasteiger partial charge in [0.2, 0.25) is 0 Å². The highest BCUT2D eigenvalue weighted by Gasteiger charge is 2.15. The third kappa shape index (κ3) is 3.19. The lowest BCUT2D eigenvalue weighted by Gasteiger charge is -2.05. The summed E-state index contributed by atoms with van der Waals surface area (Å²) < 4.78 is 14.3. The minimum absolute atomic E-state index is 0.00437. The summed E-state index contributed by atoms with van der Waals surface area (Å²) in [5.74, 6) is -2.62. The zero-order valence-electron chi connectivity index (χ0n) is 10.4. The number of rotatable bonds is 4. The van der Waals surface area contributed by atoms with E-state index < -0.39 is 24.2 Å². The van der Waals surface area contributed by atoms with E-state index in [4.69, 9.17) is 10.4 Å². The molecule has 2 aromatic rings. The number of nitrogens with one attached hydrogen (secondary N) is 1. The van der Waals surface area contributed by atoms with Gasteiger partial charge in [-0.2, -0.15) is 5.26 Å². The molecule has 1 aromatic carbocycles. The first-order chi connectivity index (χ1) is 10.0. The van der Waals surface area contributed by atoms with Crippen LogP contribution in [0.15, 0.2) is 24.4 Å². The third-order valence-electron chi connectivity index (χ3n) is 2.44. The summed E-state index contributed by atoms with van der Waals surface area (Å²) in [7, 11) is 0. The average Bonchev–Trinajstić information content (AvgIpc) is 2.86. The van der Waals surface area contributed by atoms with Crippen molar-refractivity contribution in [3.05, 3.63) is 41.5 Å². The summed E-state index contributed by atoms with van der Waals surface area (Å²) in [5.41, 5.74) is -0.455. The Kier molecular flexibility index (Phi) is 3.90. The van der Waals surface area contributed by atoms with E-state index >= 15 is 0 Å². The molecule has 21 heavy (non-hydrogen) atoms. The first kappa shape index (κ1) is 14.1. The van der Waals surface area contributed by atoms with Crippen molar-refractivity contribution in [2.24, 2.45) is 0 Å². The van der Waals surface area contributed by atoms with Gasteiger partial charge < -0.3 is 10.4 Å². The third-order valence-corrected chi connectivity index (χ3v) is 2.44. The Labute approximate surface area is 117 Å². The van der Waals surface area contributed by atoms with E-state index in [0.717, 1.165) is 16.9 Å². The number of hydrogen-bond donors (Lipinski definition) is 2. The van der Waals surface area contributed by atoms with Gasteiger partial charge >= 0.3 is 5.97 Å². The highest BCUT2D eigenvalue weighted by atomic mass is 19.1. The first-order valence-corrected chi connectivity index (χ1v) is 5.63. The fraction of sp³-hybridized carbons (Fsp3) is 0.0833. The molecule has 8 nitrogen and oxygen atoms in total. The number of halogens is 1. The second kappa shape index (κ2) is 5.79. The van der Waals surface area contributed by atoms with Crippen LogP contribution in [-0.2, 0) is 11.3 Å². The standard InChI is InChI=1S/C12H8FN5O3/c13-8-2-1-3-9(7(8)4-14)15-12(21)10-5-18(17-16-10)6-11(19)20/h1-3,5H,6H2,(H,15,21)(H,19,20). The number of aromatic nitrogens is 3. The lowest BCUT2D eigenvalue weighted by Crippen LogP contribution is -2.14. The van der Waals surface area contributed by atoms with Crippen LogP contribution in [0, 0.1) is 17.1 Å². The van der Waals surface area contributed by atoms with Crippen LogP contribution in [0.2, 0.25) is 0 Å². The minimum atomic E-state index is -1.14. The van der Waals surface area contributed by atoms with Gasteiger partial charge in [0.1, 0.15) is 24.0 Å². The molecule has 0 aliphatic heterocycles. The Balaban J connectivity index is 2.19. The number of amides is 1. The molecule has 0 aliphatic rings. The number of carboxylic acids is 1. The van der Waals surface area contributed by atoms with E-state index in [1.165, 1.54) is 12.1 Å². The molecule has 0 bridgehead atoms. The molecule has 0 radical (unpaired) electrons. The van der Waals surface area contributed by atoms with Crippen LogP contribution in [0.3, 0.4) is 0 Å². The largest absolute Gasteiger partial charge is 0.480 e. The van der Waals surface area contributed by atoms with Gasteiger partial charge in [0, 0.05) is 0 Å². The first-order valence-electron chi connectivity index (χ1n) is 5.63. The van der Waals surface area contributed by atoms with Crippen molar-refractivity contribution < 1.29 is 19.1 Å². The maximum atomic E-state index is 13.4. The fourth-order valence-electron chi connectivity index (χ4n) is 1.55. The Morgan fingerprint density at radius 1 is 1.48 bits per heavy atom. The van der Waals surface area contributed by atoms with E-state index in [1.807, 2.05) is 0 Å². The molecular weight excluding hydrogens is 281 g/mol. The maximum Gasteiger partial charge on any atom is 0.325 e. The van der Waals surface area contributed by atoms with Crippen LogP contribution >= 0.6 is 0 Å². The van der Waals surface area contributed by atoms with Crippen molar-refractivity contribution >= 4 is 17.6 Å². The number of carbonyl (C=O) groups excluding carboxylic acids is 1. The monoisotopic (exact) mass is 289 g/mol. The number of carbonyl (C=O) groups is 2. The summed E-state index contributed by atoms with van der Waals surface area (Å²) in [5, 5.41) is 26.7. The van der Waals surface area contributed by atoms with Gasteiger partial charge in [-0.3, -0.25) is 9.59 Å². The molecule has 0 saturated carbocycles. The topological polar surface area (TPSA) is 121 Å². The van der Waals surface area contributed by atoms with E-state index in [1.54, 1.807) is 6.07 Å². The van der Waals surface area contributed by atoms with Gasteiger partial charge in [0.25, 0.3) is 5.91 Å². The summed E-state index contributed by atoms with van der Waals surface area (Å²) in [6, 6.07) is 5.44. The van der Waals surface area contributed by atoms with E-state index in [-0.39, 0.29) is 16.9 Å². The smallest absolute Gasteiger partial charge is 0.325 e. The summed E-state index contributed by atoms with van der Waals surface area (Å²) in [6.07, 6.45) is 1.13. The van der Waals surface area contributed by atoms with Crippen LogP contribution in [0.5, 0.6) is 0 Å². The van der Waals surface area contributed by atoms with Crippen molar-refractivity contribution in [3.63, 3.8) is 0 Å². The van der Waals surface area contributed by atoms with Gasteiger partial charge in [-0.05, 0) is 12.1 Å².